The molecule has 0 fully saturated rings. The van der Waals surface area contributed by atoms with Gasteiger partial charge in [-0.15, -0.1) is 0 Å². The zero-order chi connectivity index (χ0) is 11.1. The van der Waals surface area contributed by atoms with E-state index in [9.17, 15) is 0 Å². The third-order valence-corrected chi connectivity index (χ3v) is 2.15. The van der Waals surface area contributed by atoms with Gasteiger partial charge in [-0.1, -0.05) is 13.0 Å². The van der Waals surface area contributed by atoms with Crippen LogP contribution in [-0.2, 0) is 4.74 Å². The van der Waals surface area contributed by atoms with Crippen molar-refractivity contribution >= 4 is 5.69 Å². The zero-order valence-electron chi connectivity index (χ0n) is 9.97. The van der Waals surface area contributed by atoms with Crippen molar-refractivity contribution in [2.45, 2.75) is 27.2 Å². The summed E-state index contributed by atoms with van der Waals surface area (Å²) in [7, 11) is 0. The van der Waals surface area contributed by atoms with Crippen molar-refractivity contribution in [2.24, 2.45) is 0 Å². The highest BCUT2D eigenvalue weighted by Gasteiger charge is 1.94. The highest BCUT2D eigenvalue weighted by Crippen LogP contribution is 2.13. The van der Waals surface area contributed by atoms with Crippen molar-refractivity contribution in [2.75, 3.05) is 25.1 Å². The fourth-order valence-corrected chi connectivity index (χ4v) is 1.59. The fraction of sp³-hybridized carbons (Fsp3) is 0.538. The van der Waals surface area contributed by atoms with Crippen LogP contribution >= 0.6 is 0 Å². The Morgan fingerprint density at radius 2 is 1.73 bits per heavy atom. The van der Waals surface area contributed by atoms with E-state index in [2.05, 4.69) is 44.3 Å². The number of rotatable bonds is 6. The van der Waals surface area contributed by atoms with E-state index in [0.29, 0.717) is 0 Å². The van der Waals surface area contributed by atoms with Crippen molar-refractivity contribution in [1.82, 2.24) is 0 Å². The molecule has 0 saturated heterocycles. The van der Waals surface area contributed by atoms with E-state index in [1.165, 1.54) is 16.8 Å². The maximum atomic E-state index is 5.40. The molecule has 0 aliphatic heterocycles. The lowest BCUT2D eigenvalue weighted by molar-refractivity contribution is 0.144. The number of hydrogen-bond acceptors (Lipinski definition) is 2. The van der Waals surface area contributed by atoms with Crippen LogP contribution in [0, 0.1) is 13.8 Å². The normalized spacial score (nSPS) is 10.3. The average molecular weight is 207 g/mol. The lowest BCUT2D eigenvalue weighted by Crippen LogP contribution is -2.09. The van der Waals surface area contributed by atoms with Gasteiger partial charge < -0.3 is 10.1 Å². The van der Waals surface area contributed by atoms with Gasteiger partial charge in [-0.25, -0.2) is 0 Å². The summed E-state index contributed by atoms with van der Waals surface area (Å²) in [5.41, 5.74) is 3.78. The molecule has 0 saturated carbocycles. The summed E-state index contributed by atoms with van der Waals surface area (Å²) >= 11 is 0. The van der Waals surface area contributed by atoms with Crippen LogP contribution in [0.2, 0.25) is 0 Å². The van der Waals surface area contributed by atoms with E-state index in [1.54, 1.807) is 0 Å². The van der Waals surface area contributed by atoms with Gasteiger partial charge >= 0.3 is 0 Å². The van der Waals surface area contributed by atoms with E-state index in [1.807, 2.05) is 0 Å². The van der Waals surface area contributed by atoms with Crippen LogP contribution in [0.25, 0.3) is 0 Å². The monoisotopic (exact) mass is 207 g/mol. The van der Waals surface area contributed by atoms with Gasteiger partial charge in [0.05, 0.1) is 6.61 Å². The van der Waals surface area contributed by atoms with Crippen molar-refractivity contribution in [3.8, 4) is 0 Å². The molecule has 0 unspecified atom stereocenters. The first kappa shape index (κ1) is 12.1. The molecule has 0 radical (unpaired) electrons. The summed E-state index contributed by atoms with van der Waals surface area (Å²) in [6.45, 7) is 8.87. The van der Waals surface area contributed by atoms with Gasteiger partial charge in [-0.05, 0) is 43.5 Å². The molecule has 0 aromatic heterocycles. The van der Waals surface area contributed by atoms with Crippen LogP contribution in [0.1, 0.15) is 24.5 Å². The Balaban J connectivity index is 2.31. The molecule has 0 heterocycles. The number of nitrogens with one attached hydrogen (secondary N) is 1. The second kappa shape index (κ2) is 6.46. The van der Waals surface area contributed by atoms with E-state index in [-0.39, 0.29) is 0 Å². The third-order valence-electron chi connectivity index (χ3n) is 2.15. The highest BCUT2D eigenvalue weighted by atomic mass is 16.5. The van der Waals surface area contributed by atoms with E-state index in [4.69, 9.17) is 4.74 Å². The summed E-state index contributed by atoms with van der Waals surface area (Å²) < 4.78 is 5.40. The summed E-state index contributed by atoms with van der Waals surface area (Å²) in [5.74, 6) is 0. The van der Waals surface area contributed by atoms with Gasteiger partial charge in [0.2, 0.25) is 0 Å². The largest absolute Gasteiger partial charge is 0.383 e. The lowest BCUT2D eigenvalue weighted by Gasteiger charge is -2.08. The van der Waals surface area contributed by atoms with E-state index < -0.39 is 0 Å². The summed E-state index contributed by atoms with van der Waals surface area (Å²) in [6, 6.07) is 6.50. The standard InChI is InChI=1S/C13H21NO/c1-4-6-15-7-5-14-13-9-11(2)8-12(3)10-13/h8-10,14H,4-7H2,1-3H3. The predicted octanol–water partition coefficient (Wildman–Crippen LogP) is 3.14. The van der Waals surface area contributed by atoms with Crippen molar-refractivity contribution in [3.05, 3.63) is 29.3 Å². The first-order valence-electron chi connectivity index (χ1n) is 5.62. The number of hydrogen-bond donors (Lipinski definition) is 1. The molecule has 2 heteroatoms. The van der Waals surface area contributed by atoms with Crippen LogP contribution in [0.3, 0.4) is 0 Å². The Bertz CT molecular complexity index is 276. The molecule has 1 rings (SSSR count). The molecular weight excluding hydrogens is 186 g/mol. The summed E-state index contributed by atoms with van der Waals surface area (Å²) in [6.07, 6.45) is 1.09. The van der Waals surface area contributed by atoms with Crippen LogP contribution in [0.15, 0.2) is 18.2 Å². The molecule has 0 bridgehead atoms. The Morgan fingerprint density at radius 1 is 1.07 bits per heavy atom. The van der Waals surface area contributed by atoms with Crippen LogP contribution in [0.5, 0.6) is 0 Å². The minimum atomic E-state index is 0.779. The second-order valence-corrected chi connectivity index (χ2v) is 3.92. The summed E-state index contributed by atoms with van der Waals surface area (Å²) in [5, 5.41) is 3.36. The quantitative estimate of drug-likeness (QED) is 0.724. The van der Waals surface area contributed by atoms with Gasteiger partial charge in [0.1, 0.15) is 0 Å². The molecule has 0 spiro atoms. The number of benzene rings is 1. The van der Waals surface area contributed by atoms with Crippen molar-refractivity contribution < 1.29 is 4.74 Å². The van der Waals surface area contributed by atoms with E-state index >= 15 is 0 Å². The molecule has 84 valence electrons. The van der Waals surface area contributed by atoms with E-state index in [0.717, 1.165) is 26.2 Å². The van der Waals surface area contributed by atoms with Crippen molar-refractivity contribution in [1.29, 1.82) is 0 Å². The second-order valence-electron chi connectivity index (χ2n) is 3.92. The van der Waals surface area contributed by atoms with Gasteiger partial charge in [0.15, 0.2) is 0 Å². The molecular formula is C13H21NO. The maximum absolute atomic E-state index is 5.40. The highest BCUT2D eigenvalue weighted by molar-refractivity contribution is 5.48. The third kappa shape index (κ3) is 4.84. The number of ether oxygens (including phenoxy) is 1. The molecule has 0 amide bonds. The average Bonchev–Trinajstić information content (AvgIpc) is 2.16. The molecule has 1 aromatic rings. The minimum absolute atomic E-state index is 0.779. The Labute approximate surface area is 92.6 Å². The van der Waals surface area contributed by atoms with Gasteiger partial charge in [0.25, 0.3) is 0 Å². The molecule has 1 aromatic carbocycles. The van der Waals surface area contributed by atoms with Crippen LogP contribution in [0.4, 0.5) is 5.69 Å². The van der Waals surface area contributed by atoms with Gasteiger partial charge in [-0.2, -0.15) is 0 Å². The van der Waals surface area contributed by atoms with Gasteiger partial charge in [-0.3, -0.25) is 0 Å². The lowest BCUT2D eigenvalue weighted by atomic mass is 10.1. The molecule has 1 N–H and O–H groups in total. The predicted molar refractivity (Wildman–Crippen MR) is 65.5 cm³/mol. The summed E-state index contributed by atoms with van der Waals surface area (Å²) in [4.78, 5) is 0. The number of aryl methyl sites for hydroxylation is 2. The molecule has 0 aliphatic carbocycles. The molecule has 2 nitrogen and oxygen atoms in total. The maximum Gasteiger partial charge on any atom is 0.0639 e. The van der Waals surface area contributed by atoms with Crippen LogP contribution < -0.4 is 5.32 Å². The Hall–Kier alpha value is -1.02. The molecule has 0 aliphatic rings. The van der Waals surface area contributed by atoms with Crippen molar-refractivity contribution in [3.63, 3.8) is 0 Å². The zero-order valence-corrected chi connectivity index (χ0v) is 9.97. The topological polar surface area (TPSA) is 21.3 Å². The molecule has 15 heavy (non-hydrogen) atoms. The fourth-order valence-electron chi connectivity index (χ4n) is 1.59. The van der Waals surface area contributed by atoms with Gasteiger partial charge in [0, 0.05) is 18.8 Å². The first-order valence-corrected chi connectivity index (χ1v) is 5.62. The SMILES string of the molecule is CCCOCCNc1cc(C)cc(C)c1. The smallest absolute Gasteiger partial charge is 0.0639 e. The Morgan fingerprint density at radius 3 is 2.33 bits per heavy atom. The first-order chi connectivity index (χ1) is 7.22. The molecule has 0 atom stereocenters. The number of anilines is 1. The Kier molecular flexibility index (Phi) is 5.19. The van der Waals surface area contributed by atoms with Crippen LogP contribution in [-0.4, -0.2) is 19.8 Å². The minimum Gasteiger partial charge on any atom is -0.383 e.